The molecule has 0 unspecified atom stereocenters. The van der Waals surface area contributed by atoms with Crippen molar-refractivity contribution in [1.29, 1.82) is 0 Å². The molecule has 0 amide bonds. The lowest BCUT2D eigenvalue weighted by Crippen LogP contribution is -1.94. The fourth-order valence-electron chi connectivity index (χ4n) is 7.42. The zero-order chi connectivity index (χ0) is 30.9. The quantitative estimate of drug-likeness (QED) is 0.190. The van der Waals surface area contributed by atoms with Crippen LogP contribution in [0.2, 0.25) is 0 Å². The summed E-state index contributed by atoms with van der Waals surface area (Å²) in [5, 5.41) is 9.26. The van der Waals surface area contributed by atoms with E-state index in [0.717, 1.165) is 77.3 Å². The lowest BCUT2D eigenvalue weighted by atomic mass is 9.89. The molecule has 0 aliphatic heterocycles. The minimum atomic E-state index is 0.843. The second kappa shape index (κ2) is 10.1. The molecule has 10 aromatic rings. The maximum atomic E-state index is 6.65. The Morgan fingerprint density at radius 2 is 0.915 bits per heavy atom. The molecule has 0 radical (unpaired) electrons. The van der Waals surface area contributed by atoms with Gasteiger partial charge in [-0.15, -0.1) is 0 Å². The van der Waals surface area contributed by atoms with E-state index in [1.807, 2.05) is 12.3 Å². The van der Waals surface area contributed by atoms with Crippen LogP contribution < -0.4 is 0 Å². The summed E-state index contributed by atoms with van der Waals surface area (Å²) in [6, 6.07) is 53.3. The van der Waals surface area contributed by atoms with Gasteiger partial charge in [-0.3, -0.25) is 4.98 Å². The average Bonchev–Trinajstić information content (AvgIpc) is 3.55. The van der Waals surface area contributed by atoms with Gasteiger partial charge in [-0.05, 0) is 50.4 Å². The van der Waals surface area contributed by atoms with Crippen molar-refractivity contribution in [2.45, 2.75) is 0 Å². The first-order chi connectivity index (χ1) is 23.3. The molecule has 0 fully saturated rings. The standard InChI is InChI=1S/C44H26N2O/c1-2-14-28-27(13-1)25-38(44-41(28)37-23-11-12-24-40(37)47-44)33-19-4-3-15-29(33)30-16-5-8-20-34(30)39-26-45-42-35-21-9-6-17-31(35)32-18-7-10-22-36(32)43(42)46-39/h1-26H. The molecular formula is C44H26N2O. The van der Waals surface area contributed by atoms with Gasteiger partial charge in [0.1, 0.15) is 11.2 Å². The molecule has 2 heterocycles. The van der Waals surface area contributed by atoms with Gasteiger partial charge in [-0.2, -0.15) is 0 Å². The van der Waals surface area contributed by atoms with E-state index in [4.69, 9.17) is 14.4 Å². The second-order valence-corrected chi connectivity index (χ2v) is 12.1. The van der Waals surface area contributed by atoms with Gasteiger partial charge in [0.25, 0.3) is 0 Å². The molecule has 47 heavy (non-hydrogen) atoms. The Kier molecular flexibility index (Phi) is 5.57. The van der Waals surface area contributed by atoms with Crippen LogP contribution in [-0.2, 0) is 0 Å². The minimum absolute atomic E-state index is 0.843. The van der Waals surface area contributed by atoms with E-state index in [2.05, 4.69) is 146 Å². The summed E-state index contributed by atoms with van der Waals surface area (Å²) in [7, 11) is 0. The van der Waals surface area contributed by atoms with Crippen LogP contribution >= 0.6 is 0 Å². The molecule has 10 rings (SSSR count). The van der Waals surface area contributed by atoms with Gasteiger partial charge >= 0.3 is 0 Å². The highest BCUT2D eigenvalue weighted by Gasteiger charge is 2.20. The Bertz CT molecular complexity index is 2830. The molecule has 3 nitrogen and oxygen atoms in total. The molecule has 0 atom stereocenters. The number of para-hydroxylation sites is 1. The van der Waals surface area contributed by atoms with Crippen molar-refractivity contribution in [3.63, 3.8) is 0 Å². The summed E-state index contributed by atoms with van der Waals surface area (Å²) in [6.45, 7) is 0. The summed E-state index contributed by atoms with van der Waals surface area (Å²) in [5.74, 6) is 0. The molecular weight excluding hydrogens is 572 g/mol. The van der Waals surface area contributed by atoms with Crippen molar-refractivity contribution in [3.8, 4) is 33.5 Å². The SMILES string of the molecule is c1ccc(-c2ccccc2-c2cc3ccccc3c3c2oc2ccccc23)c(-c2cnc3c4ccccc4c4ccccc4c3n2)c1. The summed E-state index contributed by atoms with van der Waals surface area (Å²) in [4.78, 5) is 10.4. The summed E-state index contributed by atoms with van der Waals surface area (Å²) >= 11 is 0. The van der Waals surface area contributed by atoms with Gasteiger partial charge in [0.05, 0.1) is 22.9 Å². The number of rotatable bonds is 3. The van der Waals surface area contributed by atoms with Gasteiger partial charge in [-0.1, -0.05) is 140 Å². The number of aromatic nitrogens is 2. The molecule has 0 aliphatic carbocycles. The minimum Gasteiger partial charge on any atom is -0.455 e. The molecule has 8 aromatic carbocycles. The molecule has 2 aromatic heterocycles. The number of fused-ring (bicyclic) bond motifs is 11. The van der Waals surface area contributed by atoms with E-state index in [1.54, 1.807) is 0 Å². The highest BCUT2D eigenvalue weighted by atomic mass is 16.3. The Balaban J connectivity index is 1.24. The number of hydrogen-bond donors (Lipinski definition) is 0. The van der Waals surface area contributed by atoms with Crippen molar-refractivity contribution >= 4 is 65.3 Å². The van der Waals surface area contributed by atoms with Crippen molar-refractivity contribution in [3.05, 3.63) is 158 Å². The monoisotopic (exact) mass is 598 g/mol. The molecule has 0 bridgehead atoms. The third kappa shape index (κ3) is 3.87. The highest BCUT2D eigenvalue weighted by Crippen LogP contribution is 2.45. The van der Waals surface area contributed by atoms with Crippen molar-refractivity contribution < 1.29 is 4.42 Å². The Morgan fingerprint density at radius 1 is 0.404 bits per heavy atom. The summed E-state index contributed by atoms with van der Waals surface area (Å²) < 4.78 is 6.65. The molecule has 0 saturated carbocycles. The molecule has 0 aliphatic rings. The van der Waals surface area contributed by atoms with E-state index in [0.29, 0.717) is 0 Å². The Labute approximate surface area is 270 Å². The van der Waals surface area contributed by atoms with E-state index in [1.165, 1.54) is 21.5 Å². The van der Waals surface area contributed by atoms with Crippen molar-refractivity contribution in [2.24, 2.45) is 0 Å². The maximum absolute atomic E-state index is 6.65. The van der Waals surface area contributed by atoms with Crippen LogP contribution in [0.15, 0.2) is 162 Å². The first-order valence-corrected chi connectivity index (χ1v) is 15.9. The van der Waals surface area contributed by atoms with Gasteiger partial charge in [-0.25, -0.2) is 4.98 Å². The lowest BCUT2D eigenvalue weighted by Gasteiger charge is -2.16. The van der Waals surface area contributed by atoms with E-state index in [9.17, 15) is 0 Å². The summed E-state index contributed by atoms with van der Waals surface area (Å²) in [5.41, 5.74) is 9.90. The van der Waals surface area contributed by atoms with Crippen LogP contribution in [0.4, 0.5) is 0 Å². The third-order valence-electron chi connectivity index (χ3n) is 9.51. The topological polar surface area (TPSA) is 38.9 Å². The highest BCUT2D eigenvalue weighted by molar-refractivity contribution is 6.24. The van der Waals surface area contributed by atoms with Gasteiger partial charge in [0.15, 0.2) is 0 Å². The molecule has 0 spiro atoms. The number of hydrogen-bond acceptors (Lipinski definition) is 3. The largest absolute Gasteiger partial charge is 0.455 e. The molecule has 3 heteroatoms. The number of benzene rings is 8. The second-order valence-electron chi connectivity index (χ2n) is 12.1. The van der Waals surface area contributed by atoms with Crippen molar-refractivity contribution in [2.75, 3.05) is 0 Å². The Morgan fingerprint density at radius 3 is 1.64 bits per heavy atom. The summed E-state index contributed by atoms with van der Waals surface area (Å²) in [6.07, 6.45) is 1.93. The lowest BCUT2D eigenvalue weighted by molar-refractivity contribution is 0.670. The van der Waals surface area contributed by atoms with E-state index in [-0.39, 0.29) is 0 Å². The fraction of sp³-hybridized carbons (Fsp3) is 0. The first kappa shape index (κ1) is 26.0. The smallest absolute Gasteiger partial charge is 0.143 e. The zero-order valence-electron chi connectivity index (χ0n) is 25.3. The van der Waals surface area contributed by atoms with E-state index >= 15 is 0 Å². The number of furan rings is 1. The predicted octanol–water partition coefficient (Wildman–Crippen LogP) is 12.0. The molecule has 218 valence electrons. The van der Waals surface area contributed by atoms with Gasteiger partial charge in [0.2, 0.25) is 0 Å². The van der Waals surface area contributed by atoms with Gasteiger partial charge in [0, 0.05) is 32.7 Å². The third-order valence-corrected chi connectivity index (χ3v) is 9.51. The average molecular weight is 599 g/mol. The molecule has 0 N–H and O–H groups in total. The Hall–Kier alpha value is -6.32. The van der Waals surface area contributed by atoms with Crippen LogP contribution in [0.5, 0.6) is 0 Å². The molecule has 0 saturated heterocycles. The van der Waals surface area contributed by atoms with Crippen LogP contribution in [0.3, 0.4) is 0 Å². The van der Waals surface area contributed by atoms with Crippen LogP contribution in [-0.4, -0.2) is 9.97 Å². The van der Waals surface area contributed by atoms with Gasteiger partial charge < -0.3 is 4.42 Å². The fourth-order valence-corrected chi connectivity index (χ4v) is 7.42. The number of nitrogens with zero attached hydrogens (tertiary/aromatic N) is 2. The predicted molar refractivity (Wildman–Crippen MR) is 196 cm³/mol. The van der Waals surface area contributed by atoms with Crippen LogP contribution in [0.1, 0.15) is 0 Å². The van der Waals surface area contributed by atoms with Crippen LogP contribution in [0.25, 0.3) is 98.8 Å². The van der Waals surface area contributed by atoms with E-state index < -0.39 is 0 Å². The maximum Gasteiger partial charge on any atom is 0.143 e. The first-order valence-electron chi connectivity index (χ1n) is 15.9. The van der Waals surface area contributed by atoms with Crippen molar-refractivity contribution in [1.82, 2.24) is 9.97 Å². The zero-order valence-corrected chi connectivity index (χ0v) is 25.3. The normalized spacial score (nSPS) is 11.8. The van der Waals surface area contributed by atoms with Crippen LogP contribution in [0, 0.1) is 0 Å².